The lowest BCUT2D eigenvalue weighted by Gasteiger charge is -2.40. The van der Waals surface area contributed by atoms with Crippen molar-refractivity contribution in [3.05, 3.63) is 0 Å². The second kappa shape index (κ2) is 5.63. The molecule has 1 spiro atoms. The Labute approximate surface area is 103 Å². The number of rotatable bonds is 4. The van der Waals surface area contributed by atoms with Crippen LogP contribution >= 0.6 is 0 Å². The van der Waals surface area contributed by atoms with Gasteiger partial charge in [-0.15, -0.1) is 0 Å². The third-order valence-corrected chi connectivity index (χ3v) is 3.47. The molecule has 0 aromatic heterocycles. The first kappa shape index (κ1) is 13.2. The first-order valence-electron chi connectivity index (χ1n) is 6.33. The van der Waals surface area contributed by atoms with Gasteiger partial charge in [0.2, 0.25) is 0 Å². The van der Waals surface area contributed by atoms with Crippen molar-refractivity contribution >= 4 is 0 Å². The highest BCUT2D eigenvalue weighted by Crippen LogP contribution is 2.36. The zero-order chi connectivity index (χ0) is 12.3. The quantitative estimate of drug-likeness (QED) is 0.788. The highest BCUT2D eigenvalue weighted by molar-refractivity contribution is 4.91. The lowest BCUT2D eigenvalue weighted by atomic mass is 9.88. The highest BCUT2D eigenvalue weighted by atomic mass is 16.7. The van der Waals surface area contributed by atoms with E-state index in [9.17, 15) is 0 Å². The van der Waals surface area contributed by atoms with Gasteiger partial charge in [0.1, 0.15) is 0 Å². The molecule has 0 bridgehead atoms. The molecule has 1 aliphatic heterocycles. The molecule has 1 aliphatic carbocycles. The van der Waals surface area contributed by atoms with Crippen LogP contribution in [-0.2, 0) is 18.9 Å². The number of methoxy groups -OCH3 is 1. The summed E-state index contributed by atoms with van der Waals surface area (Å²) in [5.74, 6) is -0.437. The standard InChI is InChI=1S/C12H23NO4/c1-9(8-14-2)17-11-7-12(4-3-10(11)13)15-5-6-16-12/h9-11H,3-8,13H2,1-2H3. The monoisotopic (exact) mass is 245 g/mol. The predicted octanol–water partition coefficient (Wildman–Crippen LogP) is 0.661. The van der Waals surface area contributed by atoms with Crippen LogP contribution in [0.15, 0.2) is 0 Å². The zero-order valence-electron chi connectivity index (χ0n) is 10.7. The molecule has 5 heteroatoms. The summed E-state index contributed by atoms with van der Waals surface area (Å²) >= 11 is 0. The summed E-state index contributed by atoms with van der Waals surface area (Å²) in [5.41, 5.74) is 6.10. The predicted molar refractivity (Wildman–Crippen MR) is 62.7 cm³/mol. The second-order valence-electron chi connectivity index (χ2n) is 4.95. The minimum atomic E-state index is -0.437. The molecule has 2 aliphatic rings. The summed E-state index contributed by atoms with van der Waals surface area (Å²) in [6.07, 6.45) is 2.51. The number of nitrogens with two attached hydrogens (primary N) is 1. The first-order valence-corrected chi connectivity index (χ1v) is 6.33. The van der Waals surface area contributed by atoms with Crippen LogP contribution in [0.1, 0.15) is 26.2 Å². The molecule has 5 nitrogen and oxygen atoms in total. The number of hydrogen-bond donors (Lipinski definition) is 1. The van der Waals surface area contributed by atoms with Crippen LogP contribution in [0.25, 0.3) is 0 Å². The van der Waals surface area contributed by atoms with Gasteiger partial charge in [0.15, 0.2) is 5.79 Å². The average molecular weight is 245 g/mol. The van der Waals surface area contributed by atoms with Gasteiger partial charge in [-0.25, -0.2) is 0 Å². The Bertz CT molecular complexity index is 243. The minimum Gasteiger partial charge on any atom is -0.382 e. The van der Waals surface area contributed by atoms with Gasteiger partial charge in [0.25, 0.3) is 0 Å². The molecule has 17 heavy (non-hydrogen) atoms. The molecule has 2 N–H and O–H groups in total. The van der Waals surface area contributed by atoms with Gasteiger partial charge in [0, 0.05) is 26.0 Å². The Morgan fingerprint density at radius 2 is 2.12 bits per heavy atom. The van der Waals surface area contributed by atoms with Crippen molar-refractivity contribution in [2.75, 3.05) is 26.9 Å². The summed E-state index contributed by atoms with van der Waals surface area (Å²) < 4.78 is 22.4. The topological polar surface area (TPSA) is 62.9 Å². The van der Waals surface area contributed by atoms with Gasteiger partial charge in [-0.3, -0.25) is 0 Å². The molecule has 0 radical (unpaired) electrons. The summed E-state index contributed by atoms with van der Waals surface area (Å²) in [4.78, 5) is 0. The van der Waals surface area contributed by atoms with Crippen molar-refractivity contribution in [3.63, 3.8) is 0 Å². The Hall–Kier alpha value is -0.200. The van der Waals surface area contributed by atoms with Crippen molar-refractivity contribution in [1.29, 1.82) is 0 Å². The molecule has 3 unspecified atom stereocenters. The SMILES string of the molecule is COCC(C)OC1CC2(CCC1N)OCCO2. The van der Waals surface area contributed by atoms with Crippen LogP contribution in [-0.4, -0.2) is 51.0 Å². The maximum atomic E-state index is 6.10. The van der Waals surface area contributed by atoms with Gasteiger partial charge >= 0.3 is 0 Å². The Morgan fingerprint density at radius 1 is 1.41 bits per heavy atom. The number of ether oxygens (including phenoxy) is 4. The summed E-state index contributed by atoms with van der Waals surface area (Å²) in [5, 5.41) is 0. The van der Waals surface area contributed by atoms with E-state index in [0.29, 0.717) is 19.8 Å². The lowest BCUT2D eigenvalue weighted by Crippen LogP contribution is -2.51. The maximum Gasteiger partial charge on any atom is 0.171 e. The van der Waals surface area contributed by atoms with E-state index in [1.165, 1.54) is 0 Å². The van der Waals surface area contributed by atoms with Crippen LogP contribution < -0.4 is 5.73 Å². The fourth-order valence-electron chi connectivity index (χ4n) is 2.61. The van der Waals surface area contributed by atoms with E-state index in [4.69, 9.17) is 24.7 Å². The summed E-state index contributed by atoms with van der Waals surface area (Å²) in [7, 11) is 1.67. The molecule has 2 rings (SSSR count). The lowest BCUT2D eigenvalue weighted by molar-refractivity contribution is -0.211. The zero-order valence-corrected chi connectivity index (χ0v) is 10.7. The van der Waals surface area contributed by atoms with Gasteiger partial charge in [-0.05, 0) is 13.3 Å². The van der Waals surface area contributed by atoms with Crippen molar-refractivity contribution in [2.24, 2.45) is 5.73 Å². The van der Waals surface area contributed by atoms with Crippen molar-refractivity contribution in [1.82, 2.24) is 0 Å². The van der Waals surface area contributed by atoms with Crippen molar-refractivity contribution < 1.29 is 18.9 Å². The van der Waals surface area contributed by atoms with Gasteiger partial charge in [-0.1, -0.05) is 0 Å². The molecule has 100 valence electrons. The summed E-state index contributed by atoms with van der Waals surface area (Å²) in [6.45, 7) is 3.93. The first-order chi connectivity index (χ1) is 8.15. The Balaban J connectivity index is 1.90. The van der Waals surface area contributed by atoms with E-state index < -0.39 is 5.79 Å². The van der Waals surface area contributed by atoms with Crippen molar-refractivity contribution in [2.45, 2.75) is 50.2 Å². The van der Waals surface area contributed by atoms with Gasteiger partial charge in [-0.2, -0.15) is 0 Å². The molecule has 1 heterocycles. The van der Waals surface area contributed by atoms with Crippen LogP contribution in [0.3, 0.4) is 0 Å². The maximum absolute atomic E-state index is 6.10. The van der Waals surface area contributed by atoms with Crippen LogP contribution in [0.2, 0.25) is 0 Å². The fourth-order valence-corrected chi connectivity index (χ4v) is 2.61. The van der Waals surface area contributed by atoms with E-state index in [1.54, 1.807) is 7.11 Å². The largest absolute Gasteiger partial charge is 0.382 e. The molecule has 0 amide bonds. The molecular formula is C12H23NO4. The molecule has 3 atom stereocenters. The minimum absolute atomic E-state index is 0.00741. The molecule has 0 aromatic rings. The van der Waals surface area contributed by atoms with E-state index in [2.05, 4.69) is 0 Å². The Morgan fingerprint density at radius 3 is 2.76 bits per heavy atom. The van der Waals surface area contributed by atoms with Crippen LogP contribution in [0.5, 0.6) is 0 Å². The smallest absolute Gasteiger partial charge is 0.171 e. The molecule has 0 aromatic carbocycles. The van der Waals surface area contributed by atoms with Crippen LogP contribution in [0, 0.1) is 0 Å². The molecule has 1 saturated heterocycles. The van der Waals surface area contributed by atoms with E-state index in [0.717, 1.165) is 19.3 Å². The third kappa shape index (κ3) is 3.17. The summed E-state index contributed by atoms with van der Waals surface area (Å²) in [6, 6.07) is 0.0627. The molecular weight excluding hydrogens is 222 g/mol. The normalized spacial score (nSPS) is 34.1. The average Bonchev–Trinajstić information content (AvgIpc) is 2.73. The Kier molecular flexibility index (Phi) is 4.38. The molecule has 2 fully saturated rings. The van der Waals surface area contributed by atoms with E-state index in [-0.39, 0.29) is 18.2 Å². The van der Waals surface area contributed by atoms with Crippen molar-refractivity contribution in [3.8, 4) is 0 Å². The molecule has 1 saturated carbocycles. The van der Waals surface area contributed by atoms with E-state index in [1.807, 2.05) is 6.92 Å². The second-order valence-corrected chi connectivity index (χ2v) is 4.95. The van der Waals surface area contributed by atoms with E-state index >= 15 is 0 Å². The fraction of sp³-hybridized carbons (Fsp3) is 1.00. The van der Waals surface area contributed by atoms with Gasteiger partial charge in [0.05, 0.1) is 32.0 Å². The van der Waals surface area contributed by atoms with Gasteiger partial charge < -0.3 is 24.7 Å². The number of hydrogen-bond acceptors (Lipinski definition) is 5. The highest BCUT2D eigenvalue weighted by Gasteiger charge is 2.45. The van der Waals surface area contributed by atoms with Crippen LogP contribution in [0.4, 0.5) is 0 Å². The third-order valence-electron chi connectivity index (χ3n) is 3.47.